The van der Waals surface area contributed by atoms with E-state index >= 15 is 0 Å². The van der Waals surface area contributed by atoms with Crippen LogP contribution in [-0.2, 0) is 4.74 Å². The molecule has 1 aromatic heterocycles. The Bertz CT molecular complexity index is 334. The van der Waals surface area contributed by atoms with Crippen LogP contribution >= 0.6 is 0 Å². The zero-order chi connectivity index (χ0) is 12.9. The van der Waals surface area contributed by atoms with E-state index in [1.54, 1.807) is 13.3 Å². The van der Waals surface area contributed by atoms with E-state index in [0.717, 1.165) is 12.0 Å². The number of hydrogen-bond acceptors (Lipinski definition) is 4. The Morgan fingerprint density at radius 3 is 2.59 bits per heavy atom. The second-order valence-electron chi connectivity index (χ2n) is 4.78. The van der Waals surface area contributed by atoms with Crippen LogP contribution in [0, 0.1) is 0 Å². The van der Waals surface area contributed by atoms with Gasteiger partial charge in [-0.15, -0.1) is 0 Å². The van der Waals surface area contributed by atoms with Crippen molar-refractivity contribution in [1.29, 1.82) is 0 Å². The summed E-state index contributed by atoms with van der Waals surface area (Å²) in [5.41, 5.74) is 6.59. The first-order valence-corrected chi connectivity index (χ1v) is 5.84. The number of ether oxygens (including phenoxy) is 2. The quantitative estimate of drug-likeness (QED) is 0.826. The van der Waals surface area contributed by atoms with Crippen molar-refractivity contribution in [3.63, 3.8) is 0 Å². The monoisotopic (exact) mass is 238 g/mol. The van der Waals surface area contributed by atoms with E-state index in [0.29, 0.717) is 12.5 Å². The zero-order valence-corrected chi connectivity index (χ0v) is 11.1. The lowest BCUT2D eigenvalue weighted by atomic mass is 10.1. The van der Waals surface area contributed by atoms with Gasteiger partial charge in [0.1, 0.15) is 0 Å². The van der Waals surface area contributed by atoms with Gasteiger partial charge in [-0.25, -0.2) is 4.98 Å². The molecule has 0 aliphatic heterocycles. The summed E-state index contributed by atoms with van der Waals surface area (Å²) < 4.78 is 10.9. The molecule has 17 heavy (non-hydrogen) atoms. The molecule has 4 heteroatoms. The largest absolute Gasteiger partial charge is 0.478 e. The predicted molar refractivity (Wildman–Crippen MR) is 68.0 cm³/mol. The van der Waals surface area contributed by atoms with Gasteiger partial charge in [0.15, 0.2) is 0 Å². The average molecular weight is 238 g/mol. The summed E-state index contributed by atoms with van der Waals surface area (Å²) >= 11 is 0. The molecule has 0 fully saturated rings. The lowest BCUT2D eigenvalue weighted by molar-refractivity contribution is 0.00508. The minimum absolute atomic E-state index is 0.00368. The molecule has 1 aromatic rings. The second kappa shape index (κ2) is 5.98. The highest BCUT2D eigenvalue weighted by Gasteiger charge is 2.16. The Kier molecular flexibility index (Phi) is 4.90. The lowest BCUT2D eigenvalue weighted by Gasteiger charge is -2.22. The molecule has 0 amide bonds. The number of rotatable bonds is 6. The van der Waals surface area contributed by atoms with Crippen LogP contribution in [0.25, 0.3) is 0 Å². The highest BCUT2D eigenvalue weighted by Crippen LogP contribution is 2.15. The van der Waals surface area contributed by atoms with Gasteiger partial charge in [0.05, 0.1) is 12.2 Å². The molecule has 96 valence electrons. The Morgan fingerprint density at radius 2 is 2.12 bits per heavy atom. The fourth-order valence-electron chi connectivity index (χ4n) is 1.25. The van der Waals surface area contributed by atoms with Crippen molar-refractivity contribution in [2.24, 2.45) is 5.73 Å². The molecule has 1 unspecified atom stereocenters. The van der Waals surface area contributed by atoms with Crippen molar-refractivity contribution in [3.8, 4) is 5.88 Å². The van der Waals surface area contributed by atoms with E-state index in [4.69, 9.17) is 15.2 Å². The number of nitrogens with two attached hydrogens (primary N) is 1. The minimum Gasteiger partial charge on any atom is -0.478 e. The van der Waals surface area contributed by atoms with Crippen molar-refractivity contribution in [2.75, 3.05) is 13.7 Å². The summed E-state index contributed by atoms with van der Waals surface area (Å²) in [6.45, 7) is 6.58. The van der Waals surface area contributed by atoms with Crippen LogP contribution in [0.15, 0.2) is 18.3 Å². The summed E-state index contributed by atoms with van der Waals surface area (Å²) in [7, 11) is 1.70. The molecule has 0 saturated carbocycles. The van der Waals surface area contributed by atoms with Crippen molar-refractivity contribution >= 4 is 0 Å². The van der Waals surface area contributed by atoms with Crippen molar-refractivity contribution < 1.29 is 9.47 Å². The van der Waals surface area contributed by atoms with E-state index in [1.807, 2.05) is 32.9 Å². The molecular formula is C13H22N2O2. The molecule has 0 saturated heterocycles. The van der Waals surface area contributed by atoms with Crippen LogP contribution in [0.3, 0.4) is 0 Å². The number of methoxy groups -OCH3 is 1. The third-order valence-corrected chi connectivity index (χ3v) is 2.79. The van der Waals surface area contributed by atoms with Crippen LogP contribution in [0.4, 0.5) is 0 Å². The van der Waals surface area contributed by atoms with Crippen LogP contribution in [0.5, 0.6) is 5.88 Å². The van der Waals surface area contributed by atoms with Crippen LogP contribution in [0.2, 0.25) is 0 Å². The molecular weight excluding hydrogens is 216 g/mol. The molecule has 0 bridgehead atoms. The van der Waals surface area contributed by atoms with Gasteiger partial charge >= 0.3 is 0 Å². The predicted octanol–water partition coefficient (Wildman–Crippen LogP) is 2.30. The van der Waals surface area contributed by atoms with Gasteiger partial charge in [0.2, 0.25) is 5.88 Å². The molecule has 1 rings (SSSR count). The molecule has 0 radical (unpaired) electrons. The maximum Gasteiger partial charge on any atom is 0.213 e. The van der Waals surface area contributed by atoms with E-state index in [2.05, 4.69) is 4.98 Å². The summed E-state index contributed by atoms with van der Waals surface area (Å²) in [4.78, 5) is 4.20. The van der Waals surface area contributed by atoms with Gasteiger partial charge < -0.3 is 15.2 Å². The minimum atomic E-state index is -0.161. The fraction of sp³-hybridized carbons (Fsp3) is 0.615. The fourth-order valence-corrected chi connectivity index (χ4v) is 1.25. The average Bonchev–Trinajstić information content (AvgIpc) is 2.29. The number of pyridine rings is 1. The zero-order valence-electron chi connectivity index (χ0n) is 11.1. The van der Waals surface area contributed by atoms with Crippen molar-refractivity contribution in [1.82, 2.24) is 4.98 Å². The first-order valence-electron chi connectivity index (χ1n) is 5.84. The van der Waals surface area contributed by atoms with E-state index < -0.39 is 0 Å². The molecule has 0 aliphatic rings. The smallest absolute Gasteiger partial charge is 0.213 e. The van der Waals surface area contributed by atoms with Gasteiger partial charge in [-0.1, -0.05) is 6.07 Å². The summed E-state index contributed by atoms with van der Waals surface area (Å²) in [5, 5.41) is 0. The third-order valence-electron chi connectivity index (χ3n) is 2.79. The van der Waals surface area contributed by atoms with Gasteiger partial charge in [0, 0.05) is 31.8 Å². The maximum absolute atomic E-state index is 5.74. The summed E-state index contributed by atoms with van der Waals surface area (Å²) in [5.74, 6) is 0.626. The van der Waals surface area contributed by atoms with Gasteiger partial charge in [-0.2, -0.15) is 0 Å². The molecule has 0 aliphatic carbocycles. The van der Waals surface area contributed by atoms with Crippen molar-refractivity contribution in [3.05, 3.63) is 23.9 Å². The van der Waals surface area contributed by atoms with Crippen LogP contribution < -0.4 is 10.5 Å². The highest BCUT2D eigenvalue weighted by atomic mass is 16.5. The molecule has 2 N–H and O–H groups in total. The Balaban J connectivity index is 2.42. The second-order valence-corrected chi connectivity index (χ2v) is 4.78. The molecule has 1 heterocycles. The SMILES string of the molecule is COC(C)(C)CCOc1ccc(C(C)N)cn1. The third kappa shape index (κ3) is 4.71. The van der Waals surface area contributed by atoms with Gasteiger partial charge in [-0.05, 0) is 26.3 Å². The first-order chi connectivity index (χ1) is 7.94. The Labute approximate surface area is 103 Å². The summed E-state index contributed by atoms with van der Waals surface area (Å²) in [6.07, 6.45) is 2.57. The molecule has 0 aromatic carbocycles. The highest BCUT2D eigenvalue weighted by molar-refractivity contribution is 5.19. The molecule has 4 nitrogen and oxygen atoms in total. The number of hydrogen-bond donors (Lipinski definition) is 1. The Hall–Kier alpha value is -1.13. The Morgan fingerprint density at radius 1 is 1.41 bits per heavy atom. The first kappa shape index (κ1) is 13.9. The maximum atomic E-state index is 5.74. The van der Waals surface area contributed by atoms with Gasteiger partial charge in [0.25, 0.3) is 0 Å². The standard InChI is InChI=1S/C13H22N2O2/c1-10(14)11-5-6-12(15-9-11)17-8-7-13(2,3)16-4/h5-6,9-10H,7-8,14H2,1-4H3. The number of nitrogens with zero attached hydrogens (tertiary/aromatic N) is 1. The topological polar surface area (TPSA) is 57.4 Å². The van der Waals surface area contributed by atoms with Crippen molar-refractivity contribution in [2.45, 2.75) is 38.8 Å². The van der Waals surface area contributed by atoms with Crippen LogP contribution in [0.1, 0.15) is 38.8 Å². The van der Waals surface area contributed by atoms with Gasteiger partial charge in [-0.3, -0.25) is 0 Å². The number of aromatic nitrogens is 1. The normalized spacial score (nSPS) is 13.5. The van der Waals surface area contributed by atoms with E-state index in [-0.39, 0.29) is 11.6 Å². The van der Waals surface area contributed by atoms with Crippen LogP contribution in [-0.4, -0.2) is 24.3 Å². The lowest BCUT2D eigenvalue weighted by Crippen LogP contribution is -2.25. The van der Waals surface area contributed by atoms with E-state index in [1.165, 1.54) is 0 Å². The summed E-state index contributed by atoms with van der Waals surface area (Å²) in [6, 6.07) is 3.79. The van der Waals surface area contributed by atoms with E-state index in [9.17, 15) is 0 Å². The molecule has 1 atom stereocenters. The molecule has 0 spiro atoms.